The van der Waals surface area contributed by atoms with Crippen LogP contribution < -0.4 is 5.73 Å². The minimum Gasteiger partial charge on any atom is -0.377 e. The molecule has 0 saturated heterocycles. The Morgan fingerprint density at radius 3 is 2.78 bits per heavy atom. The summed E-state index contributed by atoms with van der Waals surface area (Å²) in [4.78, 5) is 0. The van der Waals surface area contributed by atoms with Gasteiger partial charge in [-0.15, -0.1) is 0 Å². The zero-order valence-corrected chi connectivity index (χ0v) is 5.97. The maximum absolute atomic E-state index is 5.52. The first kappa shape index (κ1) is 7.03. The molecule has 0 radical (unpaired) electrons. The van der Waals surface area contributed by atoms with Crippen molar-refractivity contribution >= 4 is 0 Å². The van der Waals surface area contributed by atoms with E-state index in [1.807, 2.05) is 0 Å². The van der Waals surface area contributed by atoms with Crippen LogP contribution in [0.4, 0.5) is 0 Å². The Kier molecular flexibility index (Phi) is 2.49. The monoisotopic (exact) mass is 129 g/mol. The topological polar surface area (TPSA) is 35.2 Å². The van der Waals surface area contributed by atoms with Gasteiger partial charge in [-0.1, -0.05) is 13.3 Å². The molecule has 0 aromatic rings. The predicted molar refractivity (Wildman–Crippen MR) is 37.2 cm³/mol. The molecule has 2 nitrogen and oxygen atoms in total. The van der Waals surface area contributed by atoms with Gasteiger partial charge in [0.15, 0.2) is 0 Å². The van der Waals surface area contributed by atoms with Crippen LogP contribution in [0.1, 0.15) is 26.2 Å². The van der Waals surface area contributed by atoms with Crippen LogP contribution in [-0.2, 0) is 4.74 Å². The van der Waals surface area contributed by atoms with Crippen molar-refractivity contribution in [1.82, 2.24) is 0 Å². The highest BCUT2D eigenvalue weighted by Gasteiger charge is 2.33. The molecule has 1 aliphatic carbocycles. The summed E-state index contributed by atoms with van der Waals surface area (Å²) in [5.41, 5.74) is 5.52. The van der Waals surface area contributed by atoms with Crippen molar-refractivity contribution in [3.63, 3.8) is 0 Å². The molecule has 2 unspecified atom stereocenters. The van der Waals surface area contributed by atoms with E-state index >= 15 is 0 Å². The average molecular weight is 129 g/mol. The number of rotatable bonds is 4. The number of ether oxygens (including phenoxy) is 1. The zero-order valence-electron chi connectivity index (χ0n) is 5.97. The Bertz CT molecular complexity index is 85.0. The standard InChI is InChI=1S/C7H15NO/c1-2-3-4-9-7-5-6(7)8/h6-7H,2-5,8H2,1H3. The van der Waals surface area contributed by atoms with E-state index in [-0.39, 0.29) is 0 Å². The van der Waals surface area contributed by atoms with Gasteiger partial charge in [-0.25, -0.2) is 0 Å². The molecule has 0 spiro atoms. The molecule has 0 aromatic heterocycles. The lowest BCUT2D eigenvalue weighted by atomic mass is 10.4. The van der Waals surface area contributed by atoms with Crippen LogP contribution >= 0.6 is 0 Å². The first-order chi connectivity index (χ1) is 4.34. The second-order valence-electron chi connectivity index (χ2n) is 2.66. The van der Waals surface area contributed by atoms with Gasteiger partial charge in [0.25, 0.3) is 0 Å². The summed E-state index contributed by atoms with van der Waals surface area (Å²) in [6.45, 7) is 3.06. The number of unbranched alkanes of at least 4 members (excludes halogenated alkanes) is 1. The number of hydrogen-bond acceptors (Lipinski definition) is 2. The van der Waals surface area contributed by atoms with E-state index in [1.165, 1.54) is 12.8 Å². The molecule has 9 heavy (non-hydrogen) atoms. The Balaban J connectivity index is 1.83. The van der Waals surface area contributed by atoms with Crippen molar-refractivity contribution in [1.29, 1.82) is 0 Å². The third kappa shape index (κ3) is 2.33. The lowest BCUT2D eigenvalue weighted by molar-refractivity contribution is 0.113. The summed E-state index contributed by atoms with van der Waals surface area (Å²) in [5.74, 6) is 0. The van der Waals surface area contributed by atoms with Crippen LogP contribution in [0.3, 0.4) is 0 Å². The van der Waals surface area contributed by atoms with Gasteiger partial charge in [-0.2, -0.15) is 0 Å². The molecule has 2 heteroatoms. The fraction of sp³-hybridized carbons (Fsp3) is 1.00. The van der Waals surface area contributed by atoms with Crippen LogP contribution in [0.5, 0.6) is 0 Å². The lowest BCUT2D eigenvalue weighted by Crippen LogP contribution is -2.08. The summed E-state index contributed by atoms with van der Waals surface area (Å²) in [6.07, 6.45) is 3.85. The SMILES string of the molecule is CCCCOC1CC1N. The summed E-state index contributed by atoms with van der Waals surface area (Å²) in [5, 5.41) is 0. The molecule has 2 atom stereocenters. The largest absolute Gasteiger partial charge is 0.377 e. The van der Waals surface area contributed by atoms with Crippen LogP contribution in [0.2, 0.25) is 0 Å². The van der Waals surface area contributed by atoms with E-state index < -0.39 is 0 Å². The fourth-order valence-electron chi connectivity index (χ4n) is 0.760. The van der Waals surface area contributed by atoms with Gasteiger partial charge in [0, 0.05) is 12.6 Å². The third-order valence-electron chi connectivity index (χ3n) is 1.61. The molecular formula is C7H15NO. The first-order valence-corrected chi connectivity index (χ1v) is 3.71. The quantitative estimate of drug-likeness (QED) is 0.572. The molecule has 2 N–H and O–H groups in total. The summed E-state index contributed by atoms with van der Waals surface area (Å²) >= 11 is 0. The molecule has 1 rings (SSSR count). The van der Waals surface area contributed by atoms with E-state index in [4.69, 9.17) is 10.5 Å². The normalized spacial score (nSPS) is 32.7. The van der Waals surface area contributed by atoms with Gasteiger partial charge in [0.2, 0.25) is 0 Å². The predicted octanol–water partition coefficient (Wildman–Crippen LogP) is 0.903. The van der Waals surface area contributed by atoms with Crippen molar-refractivity contribution < 1.29 is 4.74 Å². The smallest absolute Gasteiger partial charge is 0.0742 e. The molecule has 0 aliphatic heterocycles. The van der Waals surface area contributed by atoms with Crippen molar-refractivity contribution in [2.75, 3.05) is 6.61 Å². The highest BCUT2D eigenvalue weighted by atomic mass is 16.5. The van der Waals surface area contributed by atoms with E-state index in [1.54, 1.807) is 0 Å². The maximum Gasteiger partial charge on any atom is 0.0742 e. The van der Waals surface area contributed by atoms with Crippen molar-refractivity contribution in [3.8, 4) is 0 Å². The minimum absolute atomic E-state index is 0.349. The molecule has 1 saturated carbocycles. The Hall–Kier alpha value is -0.0800. The highest BCUT2D eigenvalue weighted by molar-refractivity contribution is 4.91. The van der Waals surface area contributed by atoms with E-state index in [0.29, 0.717) is 12.1 Å². The summed E-state index contributed by atoms with van der Waals surface area (Å²) in [6, 6.07) is 0.349. The van der Waals surface area contributed by atoms with Gasteiger partial charge in [0.05, 0.1) is 6.10 Å². The Labute approximate surface area is 56.4 Å². The van der Waals surface area contributed by atoms with Crippen LogP contribution in [0.15, 0.2) is 0 Å². The van der Waals surface area contributed by atoms with Crippen LogP contribution in [0.25, 0.3) is 0 Å². The van der Waals surface area contributed by atoms with E-state index in [0.717, 1.165) is 13.0 Å². The molecule has 54 valence electrons. The molecule has 0 aromatic carbocycles. The van der Waals surface area contributed by atoms with E-state index in [2.05, 4.69) is 6.92 Å². The number of nitrogens with two attached hydrogens (primary N) is 1. The minimum atomic E-state index is 0.349. The molecule has 0 heterocycles. The maximum atomic E-state index is 5.52. The van der Waals surface area contributed by atoms with E-state index in [9.17, 15) is 0 Å². The second-order valence-corrected chi connectivity index (χ2v) is 2.66. The van der Waals surface area contributed by atoms with Gasteiger partial charge < -0.3 is 10.5 Å². The lowest BCUT2D eigenvalue weighted by Gasteiger charge is -1.98. The summed E-state index contributed by atoms with van der Waals surface area (Å²) in [7, 11) is 0. The van der Waals surface area contributed by atoms with Crippen molar-refractivity contribution in [3.05, 3.63) is 0 Å². The van der Waals surface area contributed by atoms with Crippen LogP contribution in [0, 0.1) is 0 Å². The van der Waals surface area contributed by atoms with Crippen LogP contribution in [-0.4, -0.2) is 18.8 Å². The van der Waals surface area contributed by atoms with Crippen molar-refractivity contribution in [2.24, 2.45) is 5.73 Å². The second kappa shape index (κ2) is 3.18. The van der Waals surface area contributed by atoms with Gasteiger partial charge in [-0.3, -0.25) is 0 Å². The number of hydrogen-bond donors (Lipinski definition) is 1. The first-order valence-electron chi connectivity index (χ1n) is 3.71. The van der Waals surface area contributed by atoms with Gasteiger partial charge >= 0.3 is 0 Å². The molecule has 1 aliphatic rings. The molecular weight excluding hydrogens is 114 g/mol. The highest BCUT2D eigenvalue weighted by Crippen LogP contribution is 2.22. The average Bonchev–Trinajstić information content (AvgIpc) is 2.48. The fourth-order valence-corrected chi connectivity index (χ4v) is 0.760. The van der Waals surface area contributed by atoms with Gasteiger partial charge in [-0.05, 0) is 12.8 Å². The third-order valence-corrected chi connectivity index (χ3v) is 1.61. The molecule has 0 bridgehead atoms. The Morgan fingerprint density at radius 1 is 1.67 bits per heavy atom. The molecule has 0 amide bonds. The summed E-state index contributed by atoms with van der Waals surface area (Å²) < 4.78 is 5.38. The Morgan fingerprint density at radius 2 is 2.33 bits per heavy atom. The van der Waals surface area contributed by atoms with Gasteiger partial charge in [0.1, 0.15) is 0 Å². The zero-order chi connectivity index (χ0) is 6.69. The van der Waals surface area contributed by atoms with Crippen molar-refractivity contribution in [2.45, 2.75) is 38.3 Å². The molecule has 1 fully saturated rings.